The molecule has 0 aliphatic carbocycles. The smallest absolute Gasteiger partial charge is 0.226 e. The van der Waals surface area contributed by atoms with Gasteiger partial charge in [0.25, 0.3) is 0 Å². The van der Waals surface area contributed by atoms with Crippen molar-refractivity contribution in [2.75, 3.05) is 0 Å². The van der Waals surface area contributed by atoms with E-state index in [4.69, 9.17) is 11.6 Å². The van der Waals surface area contributed by atoms with Crippen LogP contribution in [-0.4, -0.2) is 5.24 Å². The van der Waals surface area contributed by atoms with Gasteiger partial charge in [0, 0.05) is 6.42 Å². The summed E-state index contributed by atoms with van der Waals surface area (Å²) in [5.41, 5.74) is 2.30. The number of benzene rings is 1. The molecule has 1 atom stereocenters. The Kier molecular flexibility index (Phi) is 4.34. The second-order valence-corrected chi connectivity index (χ2v) is 4.73. The fraction of sp³-hybridized carbons (Fsp3) is 0.462. The van der Waals surface area contributed by atoms with Crippen molar-refractivity contribution in [3.05, 3.63) is 35.4 Å². The van der Waals surface area contributed by atoms with Crippen LogP contribution in [0.5, 0.6) is 0 Å². The van der Waals surface area contributed by atoms with Crippen LogP contribution in [0.25, 0.3) is 0 Å². The fourth-order valence-electron chi connectivity index (χ4n) is 1.48. The standard InChI is InChI=1S/C13H17ClO/c1-9(2)10(3)12-6-4-11(5-7-12)8-13(14)15/h4-7,9-10H,8H2,1-3H3. The topological polar surface area (TPSA) is 17.1 Å². The molecule has 2 heteroatoms. The van der Waals surface area contributed by atoms with Gasteiger partial charge in [-0.25, -0.2) is 0 Å². The molecule has 0 saturated carbocycles. The summed E-state index contributed by atoms with van der Waals surface area (Å²) in [4.78, 5) is 10.7. The molecular formula is C13H17ClO. The molecule has 0 aromatic heterocycles. The van der Waals surface area contributed by atoms with Gasteiger partial charge < -0.3 is 0 Å². The first-order chi connectivity index (χ1) is 7.00. The van der Waals surface area contributed by atoms with Crippen LogP contribution in [0.4, 0.5) is 0 Å². The number of rotatable bonds is 4. The number of carbonyl (C=O) groups excluding carboxylic acids is 1. The van der Waals surface area contributed by atoms with Crippen molar-refractivity contribution < 1.29 is 4.79 Å². The van der Waals surface area contributed by atoms with E-state index >= 15 is 0 Å². The molecular weight excluding hydrogens is 208 g/mol. The number of carbonyl (C=O) groups is 1. The predicted octanol–water partition coefficient (Wildman–Crippen LogP) is 3.75. The zero-order valence-electron chi connectivity index (χ0n) is 9.46. The van der Waals surface area contributed by atoms with Crippen molar-refractivity contribution >= 4 is 16.8 Å². The van der Waals surface area contributed by atoms with Gasteiger partial charge in [0.2, 0.25) is 5.24 Å². The lowest BCUT2D eigenvalue weighted by Crippen LogP contribution is -2.02. The van der Waals surface area contributed by atoms with Crippen LogP contribution in [-0.2, 0) is 11.2 Å². The Morgan fingerprint density at radius 3 is 2.13 bits per heavy atom. The summed E-state index contributed by atoms with van der Waals surface area (Å²) < 4.78 is 0. The monoisotopic (exact) mass is 224 g/mol. The maximum atomic E-state index is 10.7. The minimum absolute atomic E-state index is 0.306. The maximum Gasteiger partial charge on any atom is 0.226 e. The van der Waals surface area contributed by atoms with Crippen molar-refractivity contribution in [2.24, 2.45) is 5.92 Å². The molecule has 1 nitrogen and oxygen atoms in total. The Balaban J connectivity index is 2.76. The first-order valence-electron chi connectivity index (χ1n) is 5.28. The van der Waals surface area contributed by atoms with E-state index in [1.165, 1.54) is 5.56 Å². The Morgan fingerprint density at radius 2 is 1.73 bits per heavy atom. The first kappa shape index (κ1) is 12.3. The molecule has 0 amide bonds. The predicted molar refractivity (Wildman–Crippen MR) is 64.3 cm³/mol. The molecule has 1 rings (SSSR count). The summed E-state index contributed by atoms with van der Waals surface area (Å²) in [5.74, 6) is 1.18. The van der Waals surface area contributed by atoms with Crippen molar-refractivity contribution in [1.29, 1.82) is 0 Å². The van der Waals surface area contributed by atoms with Gasteiger partial charge in [-0.15, -0.1) is 0 Å². The summed E-state index contributed by atoms with van der Waals surface area (Å²) >= 11 is 5.33. The Morgan fingerprint density at radius 1 is 1.20 bits per heavy atom. The van der Waals surface area contributed by atoms with E-state index in [1.807, 2.05) is 12.1 Å². The van der Waals surface area contributed by atoms with Crippen molar-refractivity contribution in [2.45, 2.75) is 33.1 Å². The molecule has 0 aliphatic heterocycles. The Labute approximate surface area is 96.5 Å². The summed E-state index contributed by atoms with van der Waals surface area (Å²) in [7, 11) is 0. The normalized spacial score (nSPS) is 12.9. The SMILES string of the molecule is CC(C)C(C)c1ccc(CC(=O)Cl)cc1. The van der Waals surface area contributed by atoms with Gasteiger partial charge in [-0.05, 0) is 34.6 Å². The lowest BCUT2D eigenvalue weighted by Gasteiger charge is -2.16. The van der Waals surface area contributed by atoms with Crippen LogP contribution < -0.4 is 0 Å². The summed E-state index contributed by atoms with van der Waals surface area (Å²) in [5, 5.41) is -0.306. The highest BCUT2D eigenvalue weighted by Gasteiger charge is 2.09. The van der Waals surface area contributed by atoms with Crippen molar-refractivity contribution in [3.8, 4) is 0 Å². The van der Waals surface area contributed by atoms with E-state index in [-0.39, 0.29) is 5.24 Å². The largest absolute Gasteiger partial charge is 0.281 e. The average Bonchev–Trinajstić information content (AvgIpc) is 2.17. The van der Waals surface area contributed by atoms with Crippen LogP contribution in [0.3, 0.4) is 0 Å². The van der Waals surface area contributed by atoms with E-state index in [1.54, 1.807) is 0 Å². The van der Waals surface area contributed by atoms with Crippen LogP contribution >= 0.6 is 11.6 Å². The van der Waals surface area contributed by atoms with Crippen LogP contribution in [0.1, 0.15) is 37.8 Å². The number of halogens is 1. The third-order valence-corrected chi connectivity index (χ3v) is 2.98. The molecule has 1 aromatic rings. The van der Waals surface area contributed by atoms with E-state index < -0.39 is 0 Å². The highest BCUT2D eigenvalue weighted by molar-refractivity contribution is 6.63. The third-order valence-electron chi connectivity index (χ3n) is 2.85. The Bertz CT molecular complexity index is 327. The fourth-order valence-corrected chi connectivity index (χ4v) is 1.64. The van der Waals surface area contributed by atoms with Gasteiger partial charge in [-0.3, -0.25) is 4.79 Å². The molecule has 0 heterocycles. The van der Waals surface area contributed by atoms with Crippen LogP contribution in [0, 0.1) is 5.92 Å². The van der Waals surface area contributed by atoms with E-state index in [9.17, 15) is 4.79 Å². The molecule has 1 unspecified atom stereocenters. The molecule has 82 valence electrons. The molecule has 0 N–H and O–H groups in total. The number of hydrogen-bond acceptors (Lipinski definition) is 1. The second kappa shape index (κ2) is 5.32. The van der Waals surface area contributed by atoms with E-state index in [0.717, 1.165) is 5.56 Å². The zero-order valence-corrected chi connectivity index (χ0v) is 10.2. The second-order valence-electron chi connectivity index (χ2n) is 4.31. The minimum atomic E-state index is -0.306. The molecule has 1 aromatic carbocycles. The third kappa shape index (κ3) is 3.67. The van der Waals surface area contributed by atoms with Crippen molar-refractivity contribution in [1.82, 2.24) is 0 Å². The molecule has 15 heavy (non-hydrogen) atoms. The van der Waals surface area contributed by atoms with Crippen LogP contribution in [0.15, 0.2) is 24.3 Å². The zero-order chi connectivity index (χ0) is 11.4. The quantitative estimate of drug-likeness (QED) is 0.712. The van der Waals surface area contributed by atoms with Gasteiger partial charge in [-0.1, -0.05) is 45.0 Å². The maximum absolute atomic E-state index is 10.7. The van der Waals surface area contributed by atoms with Gasteiger partial charge >= 0.3 is 0 Å². The Hall–Kier alpha value is -0.820. The van der Waals surface area contributed by atoms with Crippen LogP contribution in [0.2, 0.25) is 0 Å². The van der Waals surface area contributed by atoms with E-state index in [0.29, 0.717) is 18.3 Å². The molecule has 0 aliphatic rings. The van der Waals surface area contributed by atoms with Gasteiger partial charge in [0.1, 0.15) is 0 Å². The van der Waals surface area contributed by atoms with Gasteiger partial charge in [-0.2, -0.15) is 0 Å². The molecule has 0 saturated heterocycles. The highest BCUT2D eigenvalue weighted by atomic mass is 35.5. The molecule has 0 fully saturated rings. The average molecular weight is 225 g/mol. The minimum Gasteiger partial charge on any atom is -0.281 e. The lowest BCUT2D eigenvalue weighted by molar-refractivity contribution is -0.111. The molecule has 0 bridgehead atoms. The summed E-state index contributed by atoms with van der Waals surface area (Å²) in [6, 6.07) is 8.13. The molecule has 0 spiro atoms. The lowest BCUT2D eigenvalue weighted by atomic mass is 9.90. The number of hydrogen-bond donors (Lipinski definition) is 0. The molecule has 0 radical (unpaired) electrons. The van der Waals surface area contributed by atoms with E-state index in [2.05, 4.69) is 32.9 Å². The first-order valence-corrected chi connectivity index (χ1v) is 5.65. The highest BCUT2D eigenvalue weighted by Crippen LogP contribution is 2.23. The van der Waals surface area contributed by atoms with Gasteiger partial charge in [0.15, 0.2) is 0 Å². The summed E-state index contributed by atoms with van der Waals surface area (Å²) in [6.07, 6.45) is 0.317. The van der Waals surface area contributed by atoms with Crippen molar-refractivity contribution in [3.63, 3.8) is 0 Å². The van der Waals surface area contributed by atoms with Gasteiger partial charge in [0.05, 0.1) is 0 Å². The summed E-state index contributed by atoms with van der Waals surface area (Å²) in [6.45, 7) is 6.63.